The van der Waals surface area contributed by atoms with Crippen molar-refractivity contribution in [3.8, 4) is 0 Å². The van der Waals surface area contributed by atoms with Crippen LogP contribution in [-0.4, -0.2) is 18.1 Å². The first-order valence-corrected chi connectivity index (χ1v) is 6.98. The molecule has 2 atom stereocenters. The Morgan fingerprint density at radius 1 is 1.56 bits per heavy atom. The van der Waals surface area contributed by atoms with Crippen LogP contribution in [0.5, 0.6) is 0 Å². The molecule has 3 heteroatoms. The zero-order valence-corrected chi connectivity index (χ0v) is 10.4. The van der Waals surface area contributed by atoms with Crippen LogP contribution in [0.25, 0.3) is 0 Å². The third-order valence-electron chi connectivity index (χ3n) is 3.09. The van der Waals surface area contributed by atoms with E-state index < -0.39 is 0 Å². The number of thioether (sulfide) groups is 1. The fourth-order valence-electron chi connectivity index (χ4n) is 1.98. The normalized spacial score (nSPS) is 22.2. The maximum Gasteiger partial charge on any atom is 0.123 e. The molecular weight excluding hydrogens is 221 g/mol. The summed E-state index contributed by atoms with van der Waals surface area (Å²) in [5.74, 6) is 3.20. The van der Waals surface area contributed by atoms with Crippen molar-refractivity contribution in [2.45, 2.75) is 19.4 Å². The average Bonchev–Trinajstić information content (AvgIpc) is 2.78. The van der Waals surface area contributed by atoms with Gasteiger partial charge in [0.25, 0.3) is 0 Å². The number of rotatable bonds is 4. The second-order valence-electron chi connectivity index (χ2n) is 4.41. The van der Waals surface area contributed by atoms with E-state index in [1.54, 1.807) is 12.1 Å². The molecule has 2 rings (SSSR count). The number of benzene rings is 1. The number of nitrogens with one attached hydrogen (secondary N) is 1. The summed E-state index contributed by atoms with van der Waals surface area (Å²) in [5.41, 5.74) is 1.03. The van der Waals surface area contributed by atoms with Gasteiger partial charge in [-0.25, -0.2) is 4.39 Å². The molecule has 1 saturated heterocycles. The van der Waals surface area contributed by atoms with Crippen LogP contribution in [-0.2, 0) is 0 Å². The van der Waals surface area contributed by atoms with Gasteiger partial charge in [-0.15, -0.1) is 0 Å². The van der Waals surface area contributed by atoms with E-state index in [0.717, 1.165) is 18.0 Å². The largest absolute Gasteiger partial charge is 0.310 e. The van der Waals surface area contributed by atoms with Gasteiger partial charge in [-0.3, -0.25) is 0 Å². The third kappa shape index (κ3) is 3.22. The molecule has 1 aliphatic heterocycles. The number of hydrogen-bond acceptors (Lipinski definition) is 2. The van der Waals surface area contributed by atoms with Crippen LogP contribution in [0.1, 0.15) is 24.9 Å². The standard InChI is InChI=1S/C13H18FNS/c1-10(12-3-2-4-13(14)7-12)15-8-11-5-6-16-9-11/h2-4,7,10-11,15H,5-6,8-9H2,1H3. The van der Waals surface area contributed by atoms with Gasteiger partial charge in [0, 0.05) is 6.04 Å². The quantitative estimate of drug-likeness (QED) is 0.865. The zero-order chi connectivity index (χ0) is 11.4. The summed E-state index contributed by atoms with van der Waals surface area (Å²) in [6.45, 7) is 3.14. The molecule has 0 aliphatic carbocycles. The van der Waals surface area contributed by atoms with Crippen LogP contribution in [0, 0.1) is 11.7 Å². The van der Waals surface area contributed by atoms with E-state index in [-0.39, 0.29) is 11.9 Å². The molecule has 2 unspecified atom stereocenters. The molecule has 1 nitrogen and oxygen atoms in total. The van der Waals surface area contributed by atoms with Gasteiger partial charge < -0.3 is 5.32 Å². The fraction of sp³-hybridized carbons (Fsp3) is 0.538. The first-order chi connectivity index (χ1) is 7.75. The molecule has 1 aromatic rings. The van der Waals surface area contributed by atoms with Crippen molar-refractivity contribution in [3.63, 3.8) is 0 Å². The predicted molar refractivity (Wildman–Crippen MR) is 68.2 cm³/mol. The van der Waals surface area contributed by atoms with Crippen molar-refractivity contribution in [2.24, 2.45) is 5.92 Å². The van der Waals surface area contributed by atoms with Crippen LogP contribution in [0.2, 0.25) is 0 Å². The monoisotopic (exact) mass is 239 g/mol. The molecule has 1 aliphatic rings. The van der Waals surface area contributed by atoms with Gasteiger partial charge >= 0.3 is 0 Å². The summed E-state index contributed by atoms with van der Waals surface area (Å²) in [5, 5.41) is 3.49. The van der Waals surface area contributed by atoms with Gasteiger partial charge in [0.05, 0.1) is 0 Å². The molecule has 1 aromatic carbocycles. The highest BCUT2D eigenvalue weighted by Crippen LogP contribution is 2.23. The third-order valence-corrected chi connectivity index (χ3v) is 4.32. The first-order valence-electron chi connectivity index (χ1n) is 5.82. The SMILES string of the molecule is CC(NCC1CCSC1)c1cccc(F)c1. The maximum atomic E-state index is 13.0. The molecule has 0 radical (unpaired) electrons. The van der Waals surface area contributed by atoms with E-state index in [2.05, 4.69) is 12.2 Å². The summed E-state index contributed by atoms with van der Waals surface area (Å²) in [7, 11) is 0. The van der Waals surface area contributed by atoms with Crippen LogP contribution in [0.4, 0.5) is 4.39 Å². The minimum absolute atomic E-state index is 0.150. The molecule has 0 aromatic heterocycles. The molecule has 88 valence electrons. The van der Waals surface area contributed by atoms with E-state index in [1.807, 2.05) is 17.8 Å². The lowest BCUT2D eigenvalue weighted by atomic mass is 10.1. The van der Waals surface area contributed by atoms with E-state index in [9.17, 15) is 4.39 Å². The van der Waals surface area contributed by atoms with Crippen LogP contribution >= 0.6 is 11.8 Å². The summed E-state index contributed by atoms with van der Waals surface area (Å²) < 4.78 is 13.0. The Hall–Kier alpha value is -0.540. The first kappa shape index (κ1) is 11.9. The van der Waals surface area contributed by atoms with Gasteiger partial charge in [-0.1, -0.05) is 12.1 Å². The lowest BCUT2D eigenvalue weighted by Gasteiger charge is -2.17. The smallest absolute Gasteiger partial charge is 0.123 e. The van der Waals surface area contributed by atoms with Gasteiger partial charge in [0.2, 0.25) is 0 Å². The summed E-state index contributed by atoms with van der Waals surface area (Å²) in [6, 6.07) is 7.09. The van der Waals surface area contributed by atoms with Gasteiger partial charge in [0.15, 0.2) is 0 Å². The Morgan fingerprint density at radius 3 is 3.12 bits per heavy atom. The second kappa shape index (κ2) is 5.69. The molecule has 16 heavy (non-hydrogen) atoms. The highest BCUT2D eigenvalue weighted by molar-refractivity contribution is 7.99. The van der Waals surface area contributed by atoms with Crippen molar-refractivity contribution in [3.05, 3.63) is 35.6 Å². The Morgan fingerprint density at radius 2 is 2.44 bits per heavy atom. The molecule has 0 saturated carbocycles. The highest BCUT2D eigenvalue weighted by Gasteiger charge is 2.16. The second-order valence-corrected chi connectivity index (χ2v) is 5.56. The summed E-state index contributed by atoms with van der Waals surface area (Å²) in [6.07, 6.45) is 1.31. The Bertz CT molecular complexity index is 336. The topological polar surface area (TPSA) is 12.0 Å². The summed E-state index contributed by atoms with van der Waals surface area (Å²) >= 11 is 2.03. The van der Waals surface area contributed by atoms with E-state index in [4.69, 9.17) is 0 Å². The lowest BCUT2D eigenvalue weighted by molar-refractivity contribution is 0.476. The van der Waals surface area contributed by atoms with Crippen LogP contribution in [0.3, 0.4) is 0 Å². The molecule has 0 amide bonds. The Balaban J connectivity index is 1.85. The minimum Gasteiger partial charge on any atom is -0.310 e. The fourth-order valence-corrected chi connectivity index (χ4v) is 3.27. The molecule has 1 heterocycles. The molecule has 0 bridgehead atoms. The van der Waals surface area contributed by atoms with Crippen molar-refractivity contribution < 1.29 is 4.39 Å². The lowest BCUT2D eigenvalue weighted by Crippen LogP contribution is -2.25. The number of halogens is 1. The van der Waals surface area contributed by atoms with Crippen molar-refractivity contribution in [2.75, 3.05) is 18.1 Å². The van der Waals surface area contributed by atoms with Gasteiger partial charge in [-0.05, 0) is 55.0 Å². The molecular formula is C13H18FNS. The number of hydrogen-bond donors (Lipinski definition) is 1. The Kier molecular flexibility index (Phi) is 4.24. The van der Waals surface area contributed by atoms with Crippen molar-refractivity contribution in [1.82, 2.24) is 5.32 Å². The maximum absolute atomic E-state index is 13.0. The highest BCUT2D eigenvalue weighted by atomic mass is 32.2. The van der Waals surface area contributed by atoms with Crippen molar-refractivity contribution >= 4 is 11.8 Å². The summed E-state index contributed by atoms with van der Waals surface area (Å²) in [4.78, 5) is 0. The van der Waals surface area contributed by atoms with Crippen LogP contribution in [0.15, 0.2) is 24.3 Å². The zero-order valence-electron chi connectivity index (χ0n) is 9.58. The van der Waals surface area contributed by atoms with Gasteiger partial charge in [0.1, 0.15) is 5.82 Å². The van der Waals surface area contributed by atoms with E-state index >= 15 is 0 Å². The van der Waals surface area contributed by atoms with E-state index in [1.165, 1.54) is 24.0 Å². The van der Waals surface area contributed by atoms with Crippen molar-refractivity contribution in [1.29, 1.82) is 0 Å². The Labute approximate surface area is 101 Å². The molecule has 0 spiro atoms. The molecule has 1 fully saturated rings. The van der Waals surface area contributed by atoms with Crippen LogP contribution < -0.4 is 5.32 Å². The van der Waals surface area contributed by atoms with E-state index in [0.29, 0.717) is 0 Å². The predicted octanol–water partition coefficient (Wildman–Crippen LogP) is 3.23. The average molecular weight is 239 g/mol. The van der Waals surface area contributed by atoms with Gasteiger partial charge in [-0.2, -0.15) is 11.8 Å². The minimum atomic E-state index is -0.150. The molecule has 1 N–H and O–H groups in total.